The van der Waals surface area contributed by atoms with Crippen molar-refractivity contribution in [3.8, 4) is 0 Å². The van der Waals surface area contributed by atoms with Crippen LogP contribution in [0.25, 0.3) is 0 Å². The third-order valence-electron chi connectivity index (χ3n) is 1.43. The van der Waals surface area contributed by atoms with Crippen LogP contribution in [-0.4, -0.2) is 0 Å². The number of anilines is 2. The van der Waals surface area contributed by atoms with E-state index in [1.54, 1.807) is 19.1 Å². The standard InChI is InChI=1S/C9H13N3O.C2H6/c1-7(2)13-12(11)9-6-4-3-5-8(9)10;1-2/h3-6H,1,10-11H2,2H3;1-2H3. The van der Waals surface area contributed by atoms with Crippen molar-refractivity contribution in [1.82, 2.24) is 0 Å². The molecule has 4 nitrogen and oxygen atoms in total. The van der Waals surface area contributed by atoms with Crippen molar-refractivity contribution in [3.63, 3.8) is 0 Å². The van der Waals surface area contributed by atoms with Gasteiger partial charge in [0.15, 0.2) is 0 Å². The predicted octanol–water partition coefficient (Wildman–Crippen LogP) is 2.44. The van der Waals surface area contributed by atoms with Crippen LogP contribution in [0.15, 0.2) is 36.6 Å². The molecule has 0 bridgehead atoms. The highest BCUT2D eigenvalue weighted by Crippen LogP contribution is 2.20. The lowest BCUT2D eigenvalue weighted by atomic mass is 10.3. The van der Waals surface area contributed by atoms with E-state index >= 15 is 0 Å². The van der Waals surface area contributed by atoms with E-state index in [1.165, 1.54) is 0 Å². The van der Waals surface area contributed by atoms with Gasteiger partial charge in [-0.2, -0.15) is 0 Å². The van der Waals surface area contributed by atoms with Gasteiger partial charge in [0.25, 0.3) is 0 Å². The molecule has 0 unspecified atom stereocenters. The minimum absolute atomic E-state index is 0.505. The average molecular weight is 209 g/mol. The first-order valence-electron chi connectivity index (χ1n) is 4.84. The van der Waals surface area contributed by atoms with Gasteiger partial charge in [-0.05, 0) is 19.1 Å². The molecule has 1 rings (SSSR count). The van der Waals surface area contributed by atoms with Crippen molar-refractivity contribution in [2.24, 2.45) is 5.84 Å². The maximum absolute atomic E-state index is 5.67. The molecule has 0 radical (unpaired) electrons. The minimum Gasteiger partial charge on any atom is -0.397 e. The normalized spacial score (nSPS) is 8.53. The molecule has 1 aromatic rings. The van der Waals surface area contributed by atoms with Gasteiger partial charge in [-0.25, -0.2) is 5.84 Å². The monoisotopic (exact) mass is 209 g/mol. The molecular weight excluding hydrogens is 190 g/mol. The largest absolute Gasteiger partial charge is 0.397 e. The van der Waals surface area contributed by atoms with Gasteiger partial charge in [-0.15, -0.1) is 5.17 Å². The molecule has 0 aliphatic carbocycles. The molecule has 0 aliphatic heterocycles. The van der Waals surface area contributed by atoms with E-state index < -0.39 is 0 Å². The van der Waals surface area contributed by atoms with Crippen molar-refractivity contribution in [3.05, 3.63) is 36.6 Å². The quantitative estimate of drug-likeness (QED) is 0.347. The van der Waals surface area contributed by atoms with Gasteiger partial charge >= 0.3 is 0 Å². The fraction of sp³-hybridized carbons (Fsp3) is 0.273. The Bertz CT molecular complexity index is 312. The molecule has 84 valence electrons. The van der Waals surface area contributed by atoms with Crippen molar-refractivity contribution < 1.29 is 4.84 Å². The van der Waals surface area contributed by atoms with E-state index in [4.69, 9.17) is 16.4 Å². The number of nitrogens with two attached hydrogens (primary N) is 2. The molecule has 0 aromatic heterocycles. The summed E-state index contributed by atoms with van der Waals surface area (Å²) in [6, 6.07) is 7.16. The Balaban J connectivity index is 0.000000921. The summed E-state index contributed by atoms with van der Waals surface area (Å²) in [6.07, 6.45) is 0. The summed E-state index contributed by atoms with van der Waals surface area (Å²) >= 11 is 0. The molecule has 0 saturated carbocycles. The summed E-state index contributed by atoms with van der Waals surface area (Å²) in [5.41, 5.74) is 6.84. The lowest BCUT2D eigenvalue weighted by molar-refractivity contribution is 0.185. The van der Waals surface area contributed by atoms with Crippen molar-refractivity contribution in [1.29, 1.82) is 0 Å². The van der Waals surface area contributed by atoms with Gasteiger partial charge in [0.05, 0.1) is 5.69 Å². The SMILES string of the molecule is C=C(C)ON(N)c1ccccc1N.CC. The van der Waals surface area contributed by atoms with Gasteiger partial charge in [-0.3, -0.25) is 0 Å². The van der Waals surface area contributed by atoms with E-state index in [0.29, 0.717) is 17.1 Å². The molecule has 1 aromatic carbocycles. The van der Waals surface area contributed by atoms with E-state index in [-0.39, 0.29) is 0 Å². The zero-order chi connectivity index (χ0) is 11.8. The third-order valence-corrected chi connectivity index (χ3v) is 1.43. The Hall–Kier alpha value is -1.68. The molecule has 4 N–H and O–H groups in total. The summed E-state index contributed by atoms with van der Waals surface area (Å²) in [6.45, 7) is 9.27. The second kappa shape index (κ2) is 6.73. The van der Waals surface area contributed by atoms with Crippen LogP contribution in [0.3, 0.4) is 0 Å². The van der Waals surface area contributed by atoms with Crippen LogP contribution in [0.4, 0.5) is 11.4 Å². The highest BCUT2D eigenvalue weighted by atomic mass is 16.7. The molecule has 15 heavy (non-hydrogen) atoms. The number of hydrogen-bond acceptors (Lipinski definition) is 4. The molecule has 0 aliphatic rings. The van der Waals surface area contributed by atoms with Crippen LogP contribution >= 0.6 is 0 Å². The molecule has 0 fully saturated rings. The number of nitrogens with zero attached hydrogens (tertiary/aromatic N) is 1. The topological polar surface area (TPSA) is 64.5 Å². The van der Waals surface area contributed by atoms with E-state index in [9.17, 15) is 0 Å². The maximum atomic E-state index is 5.67. The number of benzene rings is 1. The van der Waals surface area contributed by atoms with Crippen LogP contribution in [-0.2, 0) is 4.84 Å². The zero-order valence-corrected chi connectivity index (χ0v) is 9.53. The van der Waals surface area contributed by atoms with Crippen molar-refractivity contribution in [2.75, 3.05) is 10.9 Å². The molecule has 0 spiro atoms. The Labute approximate surface area is 91.0 Å². The second-order valence-electron chi connectivity index (χ2n) is 2.68. The first-order chi connectivity index (χ1) is 7.11. The van der Waals surface area contributed by atoms with Gasteiger partial charge in [-0.1, -0.05) is 32.6 Å². The van der Waals surface area contributed by atoms with Crippen LogP contribution in [0.1, 0.15) is 20.8 Å². The third kappa shape index (κ3) is 4.37. The fourth-order valence-electron chi connectivity index (χ4n) is 0.905. The van der Waals surface area contributed by atoms with Crippen molar-refractivity contribution >= 4 is 11.4 Å². The summed E-state index contributed by atoms with van der Waals surface area (Å²) in [4.78, 5) is 5.05. The molecule has 0 amide bonds. The number of hydrazine groups is 1. The van der Waals surface area contributed by atoms with Crippen LogP contribution in [0.5, 0.6) is 0 Å². The second-order valence-corrected chi connectivity index (χ2v) is 2.68. The van der Waals surface area contributed by atoms with Gasteiger partial charge in [0, 0.05) is 0 Å². The van der Waals surface area contributed by atoms with Crippen LogP contribution in [0.2, 0.25) is 0 Å². The molecule has 0 heterocycles. The Morgan fingerprint density at radius 1 is 1.33 bits per heavy atom. The summed E-state index contributed by atoms with van der Waals surface area (Å²) in [5.74, 6) is 6.07. The summed E-state index contributed by atoms with van der Waals surface area (Å²) in [5, 5.41) is 1.09. The first-order valence-corrected chi connectivity index (χ1v) is 4.84. The smallest absolute Gasteiger partial charge is 0.124 e. The fourth-order valence-corrected chi connectivity index (χ4v) is 0.905. The van der Waals surface area contributed by atoms with Gasteiger partial charge in [0.1, 0.15) is 11.4 Å². The Morgan fingerprint density at radius 2 is 1.87 bits per heavy atom. The summed E-state index contributed by atoms with van der Waals surface area (Å²) in [7, 11) is 0. The number of hydrogen-bond donors (Lipinski definition) is 2. The van der Waals surface area contributed by atoms with Crippen molar-refractivity contribution in [2.45, 2.75) is 20.8 Å². The Morgan fingerprint density at radius 3 is 2.33 bits per heavy atom. The van der Waals surface area contributed by atoms with Crippen LogP contribution < -0.4 is 16.7 Å². The highest BCUT2D eigenvalue weighted by molar-refractivity contribution is 5.65. The number of rotatable bonds is 3. The summed E-state index contributed by atoms with van der Waals surface area (Å²) < 4.78 is 0. The molecule has 0 saturated heterocycles. The number of allylic oxidation sites excluding steroid dienone is 1. The number of para-hydroxylation sites is 2. The van der Waals surface area contributed by atoms with E-state index in [1.807, 2.05) is 26.0 Å². The molecule has 4 heteroatoms. The maximum Gasteiger partial charge on any atom is 0.124 e. The lowest BCUT2D eigenvalue weighted by Crippen LogP contribution is -2.30. The first kappa shape index (κ1) is 13.3. The predicted molar refractivity (Wildman–Crippen MR) is 64.8 cm³/mol. The van der Waals surface area contributed by atoms with E-state index in [2.05, 4.69) is 6.58 Å². The van der Waals surface area contributed by atoms with Gasteiger partial charge < -0.3 is 10.6 Å². The lowest BCUT2D eigenvalue weighted by Gasteiger charge is -2.19. The minimum atomic E-state index is 0.505. The average Bonchev–Trinajstić information content (AvgIpc) is 2.20. The van der Waals surface area contributed by atoms with E-state index in [0.717, 1.165) is 5.17 Å². The molecule has 0 atom stereocenters. The zero-order valence-electron chi connectivity index (χ0n) is 9.53. The highest BCUT2D eigenvalue weighted by Gasteiger charge is 2.05. The van der Waals surface area contributed by atoms with Gasteiger partial charge in [0.2, 0.25) is 0 Å². The van der Waals surface area contributed by atoms with Crippen LogP contribution in [0, 0.1) is 0 Å². The number of nitrogen functional groups attached to an aromatic ring is 1. The molecular formula is C11H19N3O. The Kier molecular flexibility index (Phi) is 5.97.